The summed E-state index contributed by atoms with van der Waals surface area (Å²) in [5.74, 6) is 0.794. The summed E-state index contributed by atoms with van der Waals surface area (Å²) in [5.41, 5.74) is 8.15. The van der Waals surface area contributed by atoms with Crippen molar-refractivity contribution in [2.24, 2.45) is 5.92 Å². The van der Waals surface area contributed by atoms with E-state index in [1.54, 1.807) is 0 Å². The van der Waals surface area contributed by atoms with E-state index in [-0.39, 0.29) is 23.9 Å². The van der Waals surface area contributed by atoms with Crippen molar-refractivity contribution >= 4 is 34.6 Å². The van der Waals surface area contributed by atoms with Gasteiger partial charge in [0.1, 0.15) is 5.82 Å². The van der Waals surface area contributed by atoms with Crippen LogP contribution < -0.4 is 15.5 Å². The number of benzene rings is 1. The van der Waals surface area contributed by atoms with Crippen LogP contribution in [0.25, 0.3) is 5.82 Å². The highest BCUT2D eigenvalue weighted by Crippen LogP contribution is 2.44. The van der Waals surface area contributed by atoms with Gasteiger partial charge < -0.3 is 20.1 Å². The smallest absolute Gasteiger partial charge is 0.226 e. The fraction of sp³-hybridized carbons (Fsp3) is 0.290. The van der Waals surface area contributed by atoms with E-state index in [4.69, 9.17) is 17.2 Å². The first kappa shape index (κ1) is 26.6. The highest BCUT2D eigenvalue weighted by atomic mass is 32.1. The topological polar surface area (TPSA) is 75.1 Å². The Kier molecular flexibility index (Phi) is 7.23. The molecule has 1 aliphatic heterocycles. The Balaban J connectivity index is 1.62. The molecule has 5 rings (SSSR count). The maximum Gasteiger partial charge on any atom is 0.226 e. The molecule has 0 unspecified atom stereocenters. The fourth-order valence-corrected chi connectivity index (χ4v) is 5.59. The van der Waals surface area contributed by atoms with E-state index < -0.39 is 0 Å². The van der Waals surface area contributed by atoms with E-state index in [1.165, 1.54) is 0 Å². The quantitative estimate of drug-likeness (QED) is 0.282. The van der Waals surface area contributed by atoms with Crippen LogP contribution in [0.4, 0.5) is 11.4 Å². The minimum absolute atomic E-state index is 0.00509. The van der Waals surface area contributed by atoms with Crippen molar-refractivity contribution in [3.05, 3.63) is 101 Å². The molecule has 1 fully saturated rings. The number of hydrogen-bond acceptors (Lipinski definition) is 4. The normalized spacial score (nSPS) is 17.0. The lowest BCUT2D eigenvalue weighted by atomic mass is 9.96. The van der Waals surface area contributed by atoms with Crippen LogP contribution in [0, 0.1) is 33.6 Å². The minimum atomic E-state index is -0.154. The molecule has 0 bridgehead atoms. The van der Waals surface area contributed by atoms with Crippen molar-refractivity contribution in [3.63, 3.8) is 0 Å². The molecule has 0 saturated carbocycles. The highest BCUT2D eigenvalue weighted by Gasteiger charge is 2.42. The second kappa shape index (κ2) is 10.6. The van der Waals surface area contributed by atoms with Crippen molar-refractivity contribution in [2.75, 3.05) is 10.2 Å². The molecule has 1 amide bonds. The number of aryl methyl sites for hydroxylation is 3. The van der Waals surface area contributed by atoms with Gasteiger partial charge in [0, 0.05) is 41.1 Å². The Bertz CT molecular complexity index is 1540. The van der Waals surface area contributed by atoms with Crippen LogP contribution in [-0.4, -0.2) is 25.6 Å². The molecule has 1 aliphatic rings. The van der Waals surface area contributed by atoms with Crippen LogP contribution in [0.15, 0.2) is 67.0 Å². The average Bonchev–Trinajstić information content (AvgIpc) is 3.40. The summed E-state index contributed by atoms with van der Waals surface area (Å²) in [4.78, 5) is 23.9. The number of nitrogens with zero attached hydrogens (tertiary/aromatic N) is 4. The summed E-state index contributed by atoms with van der Waals surface area (Å²) in [6, 6.07) is 18.1. The Morgan fingerprint density at radius 2 is 1.79 bits per heavy atom. The minimum Gasteiger partial charge on any atom is -0.351 e. The van der Waals surface area contributed by atoms with Gasteiger partial charge in [-0.2, -0.15) is 0 Å². The first-order valence-corrected chi connectivity index (χ1v) is 13.6. The summed E-state index contributed by atoms with van der Waals surface area (Å²) in [6.07, 6.45) is 3.66. The van der Waals surface area contributed by atoms with Gasteiger partial charge >= 0.3 is 0 Å². The van der Waals surface area contributed by atoms with Crippen molar-refractivity contribution in [3.8, 4) is 5.82 Å². The third-order valence-corrected chi connectivity index (χ3v) is 7.60. The number of hydrogen-bond donors (Lipinski definition) is 2. The van der Waals surface area contributed by atoms with Gasteiger partial charge in [-0.25, -0.2) is 4.98 Å². The highest BCUT2D eigenvalue weighted by molar-refractivity contribution is 7.80. The van der Waals surface area contributed by atoms with Gasteiger partial charge in [-0.1, -0.05) is 19.9 Å². The average molecular weight is 539 g/mol. The number of carbonyl (C=O) groups excluding carboxylic acids is 1. The molecule has 0 radical (unpaired) electrons. The first-order valence-electron chi connectivity index (χ1n) is 13.2. The van der Waals surface area contributed by atoms with E-state index in [9.17, 15) is 4.79 Å². The largest absolute Gasteiger partial charge is 0.351 e. The van der Waals surface area contributed by atoms with E-state index in [0.29, 0.717) is 5.11 Å². The molecule has 7 nitrogen and oxygen atoms in total. The number of thiocarbonyl (C=S) groups is 1. The number of aromatic nitrogens is 3. The van der Waals surface area contributed by atoms with E-state index >= 15 is 0 Å². The third kappa shape index (κ3) is 5.04. The Morgan fingerprint density at radius 3 is 2.46 bits per heavy atom. The van der Waals surface area contributed by atoms with Crippen LogP contribution in [0.2, 0.25) is 0 Å². The van der Waals surface area contributed by atoms with Crippen LogP contribution in [0.3, 0.4) is 0 Å². The molecule has 4 heterocycles. The molecule has 39 heavy (non-hydrogen) atoms. The fourth-order valence-electron chi connectivity index (χ4n) is 5.25. The molecule has 1 saturated heterocycles. The van der Waals surface area contributed by atoms with Crippen LogP contribution in [-0.2, 0) is 4.79 Å². The summed E-state index contributed by atoms with van der Waals surface area (Å²) < 4.78 is 2.20. The Morgan fingerprint density at radius 1 is 1.00 bits per heavy atom. The lowest BCUT2D eigenvalue weighted by molar-refractivity contribution is -0.118. The number of amides is 1. The molecular formula is C31H34N6OS. The molecule has 4 aromatic rings. The van der Waals surface area contributed by atoms with Gasteiger partial charge in [0.2, 0.25) is 5.91 Å². The lowest BCUT2D eigenvalue weighted by Crippen LogP contribution is -2.29. The number of pyridine rings is 2. The molecular weight excluding hydrogens is 504 g/mol. The van der Waals surface area contributed by atoms with Gasteiger partial charge in [0.25, 0.3) is 0 Å². The number of carbonyl (C=O) groups is 1. The SMILES string of the molecule is Cc1ccnc(-n2c(C)cc([C@H]3[C@H](c4ccccn4)NC(=S)N3c3ccc(NC(=O)C(C)C)c(C)c3)c2C)c1. The van der Waals surface area contributed by atoms with Gasteiger partial charge in [0.15, 0.2) is 5.11 Å². The molecule has 2 atom stereocenters. The summed E-state index contributed by atoms with van der Waals surface area (Å²) in [7, 11) is 0. The molecule has 3 aromatic heterocycles. The van der Waals surface area contributed by atoms with Crippen LogP contribution in [0.5, 0.6) is 0 Å². The molecule has 0 spiro atoms. The van der Waals surface area contributed by atoms with Gasteiger partial charge in [-0.3, -0.25) is 9.78 Å². The second-order valence-corrected chi connectivity index (χ2v) is 10.9. The molecule has 1 aromatic carbocycles. The monoisotopic (exact) mass is 538 g/mol. The van der Waals surface area contributed by atoms with Gasteiger partial charge in [0.05, 0.1) is 17.8 Å². The molecule has 0 aliphatic carbocycles. The van der Waals surface area contributed by atoms with Crippen molar-refractivity contribution < 1.29 is 4.79 Å². The maximum absolute atomic E-state index is 12.3. The zero-order valence-electron chi connectivity index (χ0n) is 23.2. The van der Waals surface area contributed by atoms with Crippen molar-refractivity contribution in [1.82, 2.24) is 19.9 Å². The number of nitrogens with one attached hydrogen (secondary N) is 2. The van der Waals surface area contributed by atoms with Gasteiger partial charge in [-0.15, -0.1) is 0 Å². The Hall–Kier alpha value is -4.04. The summed E-state index contributed by atoms with van der Waals surface area (Å²) in [6.45, 7) is 12.1. The van der Waals surface area contributed by atoms with Crippen molar-refractivity contribution in [2.45, 2.75) is 53.6 Å². The molecule has 200 valence electrons. The van der Waals surface area contributed by atoms with Crippen molar-refractivity contribution in [1.29, 1.82) is 0 Å². The van der Waals surface area contributed by atoms with Crippen LogP contribution in [0.1, 0.15) is 59.7 Å². The summed E-state index contributed by atoms with van der Waals surface area (Å²) >= 11 is 5.95. The van der Waals surface area contributed by atoms with E-state index in [2.05, 4.69) is 64.1 Å². The summed E-state index contributed by atoms with van der Waals surface area (Å²) in [5, 5.41) is 7.22. The number of anilines is 2. The van der Waals surface area contributed by atoms with E-state index in [1.807, 2.05) is 69.6 Å². The van der Waals surface area contributed by atoms with E-state index in [0.717, 1.165) is 51.0 Å². The van der Waals surface area contributed by atoms with Crippen LogP contribution >= 0.6 is 12.2 Å². The number of rotatable bonds is 6. The lowest BCUT2D eigenvalue weighted by Gasteiger charge is -2.29. The first-order chi connectivity index (χ1) is 18.7. The van der Waals surface area contributed by atoms with Gasteiger partial charge in [-0.05, 0) is 105 Å². The predicted molar refractivity (Wildman–Crippen MR) is 160 cm³/mol. The standard InChI is InChI=1S/C31H34N6OS/c1-18(2)30(38)34-25-11-10-23(16-20(25)4)37-29(28(35-31(37)39)26-9-7-8-13-32-26)24-17-21(5)36(22(24)6)27-15-19(3)12-14-33-27/h7-18,28-29H,1-6H3,(H,34,38)(H,35,39)/t28-,29-/m0/s1. The zero-order chi connectivity index (χ0) is 27.8. The molecule has 2 N–H and O–H groups in total. The third-order valence-electron chi connectivity index (χ3n) is 7.29. The second-order valence-electron chi connectivity index (χ2n) is 10.5. The predicted octanol–water partition coefficient (Wildman–Crippen LogP) is 6.27. The molecule has 8 heteroatoms. The zero-order valence-corrected chi connectivity index (χ0v) is 24.0. The maximum atomic E-state index is 12.3. The Labute approximate surface area is 235 Å².